The summed E-state index contributed by atoms with van der Waals surface area (Å²) in [4.78, 5) is 27.8. The van der Waals surface area contributed by atoms with Crippen molar-refractivity contribution in [1.82, 2.24) is 15.1 Å². The Labute approximate surface area is 169 Å². The zero-order chi connectivity index (χ0) is 20.5. The number of amides is 2. The van der Waals surface area contributed by atoms with Gasteiger partial charge in [-0.3, -0.25) is 4.90 Å². The van der Waals surface area contributed by atoms with Crippen LogP contribution in [0, 0.1) is 0 Å². The van der Waals surface area contributed by atoms with Crippen LogP contribution in [0.15, 0.2) is 12.1 Å². The molecular weight excluding hydrogens is 378 g/mol. The van der Waals surface area contributed by atoms with Crippen molar-refractivity contribution in [3.05, 3.63) is 23.3 Å². The minimum Gasteiger partial charge on any atom is -0.493 e. The molecule has 0 aliphatic carbocycles. The van der Waals surface area contributed by atoms with E-state index in [1.165, 1.54) is 5.56 Å². The van der Waals surface area contributed by atoms with Crippen LogP contribution in [-0.2, 0) is 11.2 Å². The van der Waals surface area contributed by atoms with Crippen LogP contribution < -0.4 is 14.8 Å². The van der Waals surface area contributed by atoms with Gasteiger partial charge in [0.25, 0.3) is 0 Å². The van der Waals surface area contributed by atoms with E-state index in [2.05, 4.69) is 10.2 Å². The maximum absolute atomic E-state index is 12.3. The Morgan fingerprint density at radius 2 is 2.00 bits per heavy atom. The summed E-state index contributed by atoms with van der Waals surface area (Å²) in [6.07, 6.45) is 0.748. The van der Waals surface area contributed by atoms with E-state index in [0.717, 1.165) is 24.9 Å². The zero-order valence-corrected chi connectivity index (χ0v) is 16.7. The van der Waals surface area contributed by atoms with Crippen molar-refractivity contribution in [3.63, 3.8) is 0 Å². The fourth-order valence-corrected chi connectivity index (χ4v) is 4.84. The van der Waals surface area contributed by atoms with Gasteiger partial charge in [-0.05, 0) is 42.5 Å². The highest BCUT2D eigenvalue weighted by Crippen LogP contribution is 2.42. The van der Waals surface area contributed by atoms with Gasteiger partial charge in [0.1, 0.15) is 0 Å². The van der Waals surface area contributed by atoms with E-state index in [4.69, 9.17) is 14.2 Å². The van der Waals surface area contributed by atoms with Gasteiger partial charge < -0.3 is 29.5 Å². The average molecular weight is 405 g/mol. The van der Waals surface area contributed by atoms with Crippen molar-refractivity contribution in [2.24, 2.45) is 0 Å². The molecule has 3 aliphatic heterocycles. The van der Waals surface area contributed by atoms with Gasteiger partial charge in [0.05, 0.1) is 32.9 Å². The Morgan fingerprint density at radius 1 is 1.24 bits per heavy atom. The molecule has 2 fully saturated rings. The summed E-state index contributed by atoms with van der Waals surface area (Å²) in [6.45, 7) is 2.44. The number of benzene rings is 1. The van der Waals surface area contributed by atoms with E-state index in [9.17, 15) is 14.7 Å². The minimum absolute atomic E-state index is 0.0486. The summed E-state index contributed by atoms with van der Waals surface area (Å²) >= 11 is 0. The number of nitrogens with one attached hydrogen (secondary N) is 1. The van der Waals surface area contributed by atoms with Crippen molar-refractivity contribution < 1.29 is 28.9 Å². The highest BCUT2D eigenvalue weighted by atomic mass is 16.6. The number of hydrogen-bond acceptors (Lipinski definition) is 6. The van der Waals surface area contributed by atoms with Crippen LogP contribution in [0.1, 0.15) is 30.0 Å². The number of nitrogens with zero attached hydrogens (tertiary/aromatic N) is 2. The molecule has 1 aromatic carbocycles. The highest BCUT2D eigenvalue weighted by molar-refractivity contribution is 5.69. The first-order valence-corrected chi connectivity index (χ1v) is 9.93. The molecule has 0 radical (unpaired) electrons. The second-order valence-corrected chi connectivity index (χ2v) is 7.69. The standard InChI is InChI=1S/C20H27N3O6/c1-27-17-8-12-4-6-22-11-16(23-5-3-7-29-20(23)26)14(21-19(24)25)10-15(22)13(12)9-18(17)28-2/h8-9,14-16,21H,3-7,10-11H2,1-2H3,(H,24,25). The molecule has 0 saturated carbocycles. The van der Waals surface area contributed by atoms with Crippen molar-refractivity contribution >= 4 is 12.2 Å². The number of methoxy groups -OCH3 is 2. The van der Waals surface area contributed by atoms with Crippen LogP contribution in [-0.4, -0.2) is 79.6 Å². The second-order valence-electron chi connectivity index (χ2n) is 7.69. The first-order chi connectivity index (χ1) is 14.0. The summed E-state index contributed by atoms with van der Waals surface area (Å²) in [5.41, 5.74) is 2.32. The third-order valence-corrected chi connectivity index (χ3v) is 6.19. The minimum atomic E-state index is -1.08. The second kappa shape index (κ2) is 7.98. The summed E-state index contributed by atoms with van der Waals surface area (Å²) in [5, 5.41) is 12.0. The molecule has 9 nitrogen and oxygen atoms in total. The Kier molecular flexibility index (Phi) is 5.40. The van der Waals surface area contributed by atoms with Gasteiger partial charge in [0.15, 0.2) is 11.5 Å². The summed E-state index contributed by atoms with van der Waals surface area (Å²) in [6, 6.07) is 3.43. The van der Waals surface area contributed by atoms with Gasteiger partial charge in [-0.15, -0.1) is 0 Å². The average Bonchev–Trinajstić information content (AvgIpc) is 2.72. The van der Waals surface area contributed by atoms with Gasteiger partial charge in [-0.1, -0.05) is 0 Å². The van der Waals surface area contributed by atoms with E-state index in [-0.39, 0.29) is 24.2 Å². The van der Waals surface area contributed by atoms with Gasteiger partial charge in [-0.25, -0.2) is 9.59 Å². The summed E-state index contributed by atoms with van der Waals surface area (Å²) in [5.74, 6) is 1.36. The fraction of sp³-hybridized carbons (Fsp3) is 0.600. The van der Waals surface area contributed by atoms with E-state index in [1.807, 2.05) is 12.1 Å². The Hall–Kier alpha value is -2.68. The lowest BCUT2D eigenvalue weighted by Gasteiger charge is -2.50. The molecule has 3 atom stereocenters. The number of hydrogen-bond donors (Lipinski definition) is 2. The summed E-state index contributed by atoms with van der Waals surface area (Å²) in [7, 11) is 3.23. The molecule has 2 amide bonds. The Balaban J connectivity index is 1.65. The molecule has 0 aromatic heterocycles. The number of carbonyl (C=O) groups is 2. The molecular formula is C20H27N3O6. The van der Waals surface area contributed by atoms with Gasteiger partial charge in [0.2, 0.25) is 0 Å². The fourth-order valence-electron chi connectivity index (χ4n) is 4.84. The molecule has 3 aliphatic rings. The van der Waals surface area contributed by atoms with Crippen LogP contribution in [0.3, 0.4) is 0 Å². The number of rotatable bonds is 4. The van der Waals surface area contributed by atoms with Crippen molar-refractivity contribution in [2.75, 3.05) is 40.5 Å². The molecule has 3 unspecified atom stereocenters. The Bertz CT molecular complexity index is 801. The number of piperidine rings is 1. The van der Waals surface area contributed by atoms with Crippen LogP contribution in [0.25, 0.3) is 0 Å². The summed E-state index contributed by atoms with van der Waals surface area (Å²) < 4.78 is 16.1. The molecule has 2 N–H and O–H groups in total. The largest absolute Gasteiger partial charge is 0.493 e. The molecule has 3 heterocycles. The molecule has 158 valence electrons. The molecule has 29 heavy (non-hydrogen) atoms. The maximum atomic E-state index is 12.3. The number of carbonyl (C=O) groups excluding carboxylic acids is 1. The quantitative estimate of drug-likeness (QED) is 0.788. The lowest BCUT2D eigenvalue weighted by molar-refractivity contribution is 0.00319. The van der Waals surface area contributed by atoms with Crippen LogP contribution in [0.2, 0.25) is 0 Å². The number of fused-ring (bicyclic) bond motifs is 3. The van der Waals surface area contributed by atoms with Crippen molar-refractivity contribution in [1.29, 1.82) is 0 Å². The lowest BCUT2D eigenvalue weighted by Crippen LogP contribution is -2.63. The van der Waals surface area contributed by atoms with E-state index < -0.39 is 6.09 Å². The van der Waals surface area contributed by atoms with E-state index >= 15 is 0 Å². The first kappa shape index (κ1) is 19.6. The number of carboxylic acid groups (broad SMARTS) is 1. The van der Waals surface area contributed by atoms with Gasteiger partial charge in [-0.2, -0.15) is 0 Å². The molecule has 9 heteroatoms. The van der Waals surface area contributed by atoms with E-state index in [0.29, 0.717) is 37.6 Å². The Morgan fingerprint density at radius 3 is 2.69 bits per heavy atom. The molecule has 0 bridgehead atoms. The monoisotopic (exact) mass is 405 g/mol. The normalized spacial score (nSPS) is 26.8. The third-order valence-electron chi connectivity index (χ3n) is 6.19. The maximum Gasteiger partial charge on any atom is 0.410 e. The SMILES string of the molecule is COc1cc2c(cc1OC)C1CC(NC(=O)O)C(N3CCCOC3=O)CN1CC2. The third kappa shape index (κ3) is 3.66. The zero-order valence-electron chi connectivity index (χ0n) is 16.7. The first-order valence-electron chi connectivity index (χ1n) is 9.93. The predicted octanol–water partition coefficient (Wildman–Crippen LogP) is 1.85. The van der Waals surface area contributed by atoms with Crippen molar-refractivity contribution in [3.8, 4) is 11.5 Å². The predicted molar refractivity (Wildman–Crippen MR) is 104 cm³/mol. The smallest absolute Gasteiger partial charge is 0.410 e. The highest BCUT2D eigenvalue weighted by Gasteiger charge is 2.44. The molecule has 1 aromatic rings. The molecule has 2 saturated heterocycles. The van der Waals surface area contributed by atoms with Crippen LogP contribution in [0.4, 0.5) is 9.59 Å². The van der Waals surface area contributed by atoms with E-state index in [1.54, 1.807) is 19.1 Å². The van der Waals surface area contributed by atoms with Gasteiger partial charge in [0, 0.05) is 25.7 Å². The molecule has 0 spiro atoms. The molecule has 4 rings (SSSR count). The van der Waals surface area contributed by atoms with Crippen LogP contribution in [0.5, 0.6) is 11.5 Å². The lowest BCUT2D eigenvalue weighted by atomic mass is 9.82. The number of ether oxygens (including phenoxy) is 3. The van der Waals surface area contributed by atoms with Crippen molar-refractivity contribution in [2.45, 2.75) is 37.4 Å². The van der Waals surface area contributed by atoms with Gasteiger partial charge >= 0.3 is 12.2 Å². The number of cyclic esters (lactones) is 1. The van der Waals surface area contributed by atoms with Crippen LogP contribution >= 0.6 is 0 Å². The topological polar surface area (TPSA) is 101 Å².